The third-order valence-electron chi connectivity index (χ3n) is 4.54. The molecule has 0 fully saturated rings. The van der Waals surface area contributed by atoms with E-state index in [1.807, 2.05) is 0 Å². The first-order valence-corrected chi connectivity index (χ1v) is 10.2. The molecule has 4 rings (SSSR count). The lowest BCUT2D eigenvalue weighted by molar-refractivity contribution is -0.116. The highest BCUT2D eigenvalue weighted by Gasteiger charge is 2.17. The first-order chi connectivity index (χ1) is 14.4. The fourth-order valence-corrected chi connectivity index (χ4v) is 4.12. The molecule has 9 heteroatoms. The number of anilines is 1. The van der Waals surface area contributed by atoms with Crippen LogP contribution in [0.2, 0.25) is 5.02 Å². The third kappa shape index (κ3) is 3.92. The molecule has 1 N–H and O–H groups in total. The summed E-state index contributed by atoms with van der Waals surface area (Å²) in [6.07, 6.45) is 0. The molecule has 0 saturated heterocycles. The van der Waals surface area contributed by atoms with Gasteiger partial charge in [-0.05, 0) is 41.3 Å². The molecule has 30 heavy (non-hydrogen) atoms. The van der Waals surface area contributed by atoms with Gasteiger partial charge in [0.1, 0.15) is 17.1 Å². The number of halogens is 2. The van der Waals surface area contributed by atoms with E-state index in [1.54, 1.807) is 35.7 Å². The number of benzene rings is 2. The topological polar surface area (TPSA) is 73.1 Å². The summed E-state index contributed by atoms with van der Waals surface area (Å²) in [6, 6.07) is 13.9. The predicted molar refractivity (Wildman–Crippen MR) is 116 cm³/mol. The first kappa shape index (κ1) is 20.1. The number of thiophene rings is 1. The molecule has 6 nitrogen and oxygen atoms in total. The van der Waals surface area contributed by atoms with Gasteiger partial charge < -0.3 is 5.32 Å². The summed E-state index contributed by atoms with van der Waals surface area (Å²) in [4.78, 5) is 38.5. The van der Waals surface area contributed by atoms with E-state index in [0.29, 0.717) is 26.5 Å². The molecule has 152 valence electrons. The highest BCUT2D eigenvalue weighted by Crippen LogP contribution is 2.21. The van der Waals surface area contributed by atoms with Crippen LogP contribution in [0, 0.1) is 5.82 Å². The molecule has 0 spiro atoms. The average molecular weight is 444 g/mol. The van der Waals surface area contributed by atoms with Crippen molar-refractivity contribution in [3.63, 3.8) is 0 Å². The fourth-order valence-electron chi connectivity index (χ4n) is 3.09. The quantitative estimate of drug-likeness (QED) is 0.511. The second-order valence-electron chi connectivity index (χ2n) is 6.55. The van der Waals surface area contributed by atoms with Crippen molar-refractivity contribution in [3.8, 4) is 0 Å². The van der Waals surface area contributed by atoms with Crippen molar-refractivity contribution in [1.82, 2.24) is 9.13 Å². The minimum Gasteiger partial charge on any atom is -0.323 e. The summed E-state index contributed by atoms with van der Waals surface area (Å²) in [7, 11) is 0. The largest absolute Gasteiger partial charge is 0.332 e. The van der Waals surface area contributed by atoms with Crippen LogP contribution in [0.25, 0.3) is 10.2 Å². The lowest BCUT2D eigenvalue weighted by Crippen LogP contribution is -2.41. The Kier molecular flexibility index (Phi) is 5.52. The van der Waals surface area contributed by atoms with Crippen LogP contribution in [0.3, 0.4) is 0 Å². The van der Waals surface area contributed by atoms with Crippen molar-refractivity contribution < 1.29 is 9.18 Å². The van der Waals surface area contributed by atoms with Gasteiger partial charge in [-0.15, -0.1) is 11.3 Å². The fraction of sp³-hybridized carbons (Fsp3) is 0.0952. The smallest absolute Gasteiger partial charge is 0.323 e. The lowest BCUT2D eigenvalue weighted by atomic mass is 10.2. The second kappa shape index (κ2) is 8.25. The van der Waals surface area contributed by atoms with Crippen LogP contribution in [0.4, 0.5) is 10.1 Å². The van der Waals surface area contributed by atoms with Crippen molar-refractivity contribution in [2.75, 3.05) is 5.32 Å². The number of para-hydroxylation sites is 1. The van der Waals surface area contributed by atoms with Crippen LogP contribution in [0.1, 0.15) is 5.56 Å². The number of hydrogen-bond acceptors (Lipinski definition) is 4. The number of nitrogens with zero attached hydrogens (tertiary/aromatic N) is 2. The molecule has 2 heterocycles. The Bertz CT molecular complexity index is 1360. The molecular formula is C21H15ClFN3O3S. The van der Waals surface area contributed by atoms with E-state index in [1.165, 1.54) is 40.2 Å². The van der Waals surface area contributed by atoms with E-state index in [4.69, 9.17) is 11.6 Å². The van der Waals surface area contributed by atoms with Crippen molar-refractivity contribution in [2.24, 2.45) is 0 Å². The maximum atomic E-state index is 13.2. The number of hydrogen-bond donors (Lipinski definition) is 1. The molecule has 0 saturated carbocycles. The Morgan fingerprint density at radius 1 is 1.03 bits per heavy atom. The van der Waals surface area contributed by atoms with Crippen LogP contribution >= 0.6 is 22.9 Å². The molecule has 0 unspecified atom stereocenters. The zero-order valence-electron chi connectivity index (χ0n) is 15.5. The first-order valence-electron chi connectivity index (χ1n) is 8.93. The summed E-state index contributed by atoms with van der Waals surface area (Å²) in [6.45, 7) is -0.321. The molecule has 4 aromatic rings. The Morgan fingerprint density at radius 3 is 2.50 bits per heavy atom. The molecule has 0 aliphatic heterocycles. The number of carbonyl (C=O) groups excluding carboxylic acids is 1. The van der Waals surface area contributed by atoms with Gasteiger partial charge in [0, 0.05) is 0 Å². The SMILES string of the molecule is O=C(Cn1c(=O)n(Cc2ccc(F)cc2)c(=O)c2sccc21)Nc1ccccc1Cl. The summed E-state index contributed by atoms with van der Waals surface area (Å²) in [5.74, 6) is -0.863. The van der Waals surface area contributed by atoms with Gasteiger partial charge in [-0.3, -0.25) is 18.7 Å². The number of amides is 1. The molecule has 0 aliphatic rings. The van der Waals surface area contributed by atoms with Gasteiger partial charge in [-0.1, -0.05) is 35.9 Å². The molecule has 1 amide bonds. The van der Waals surface area contributed by atoms with Gasteiger partial charge in [0.2, 0.25) is 5.91 Å². The molecule has 0 bridgehead atoms. The van der Waals surface area contributed by atoms with E-state index >= 15 is 0 Å². The average Bonchev–Trinajstić information content (AvgIpc) is 3.22. The number of nitrogens with one attached hydrogen (secondary N) is 1. The Hall–Kier alpha value is -3.23. The van der Waals surface area contributed by atoms with Crippen molar-refractivity contribution >= 4 is 44.7 Å². The maximum absolute atomic E-state index is 13.2. The Labute approximate surface area is 178 Å². The standard InChI is InChI=1S/C21H15ClFN3O3S/c22-15-3-1-2-4-16(15)24-18(27)12-25-17-9-10-30-19(17)20(28)26(21(25)29)11-13-5-7-14(23)8-6-13/h1-10H,11-12H2,(H,24,27). The van der Waals surface area contributed by atoms with Gasteiger partial charge >= 0.3 is 5.69 Å². The summed E-state index contributed by atoms with van der Waals surface area (Å²) in [5.41, 5.74) is 0.346. The minimum atomic E-state index is -0.621. The minimum absolute atomic E-state index is 0.0298. The van der Waals surface area contributed by atoms with Gasteiger partial charge in [0.05, 0.1) is 22.8 Å². The van der Waals surface area contributed by atoms with Crippen molar-refractivity contribution in [2.45, 2.75) is 13.1 Å². The lowest BCUT2D eigenvalue weighted by Gasteiger charge is -2.13. The predicted octanol–water partition coefficient (Wildman–Crippen LogP) is 3.70. The van der Waals surface area contributed by atoms with E-state index in [-0.39, 0.29) is 13.1 Å². The van der Waals surface area contributed by atoms with Crippen molar-refractivity contribution in [3.05, 3.63) is 97.2 Å². The van der Waals surface area contributed by atoms with Gasteiger partial charge in [-0.25, -0.2) is 9.18 Å². The Morgan fingerprint density at radius 2 is 1.77 bits per heavy atom. The number of fused-ring (bicyclic) bond motifs is 1. The van der Waals surface area contributed by atoms with Crippen molar-refractivity contribution in [1.29, 1.82) is 0 Å². The van der Waals surface area contributed by atoms with Crippen LogP contribution in [-0.4, -0.2) is 15.0 Å². The maximum Gasteiger partial charge on any atom is 0.332 e. The molecule has 0 radical (unpaired) electrons. The summed E-state index contributed by atoms with van der Waals surface area (Å²) < 4.78 is 15.8. The van der Waals surface area contributed by atoms with E-state index < -0.39 is 23.0 Å². The number of carbonyl (C=O) groups is 1. The summed E-state index contributed by atoms with van der Waals surface area (Å²) >= 11 is 7.27. The van der Waals surface area contributed by atoms with Gasteiger partial charge in [0.25, 0.3) is 5.56 Å². The zero-order valence-corrected chi connectivity index (χ0v) is 17.0. The molecule has 0 aliphatic carbocycles. The molecule has 2 aromatic carbocycles. The summed E-state index contributed by atoms with van der Waals surface area (Å²) in [5, 5.41) is 4.74. The normalized spacial score (nSPS) is 11.0. The second-order valence-corrected chi connectivity index (χ2v) is 7.87. The highest BCUT2D eigenvalue weighted by molar-refractivity contribution is 7.17. The van der Waals surface area contributed by atoms with Crippen LogP contribution in [0.5, 0.6) is 0 Å². The van der Waals surface area contributed by atoms with Crippen LogP contribution in [0.15, 0.2) is 69.6 Å². The highest BCUT2D eigenvalue weighted by atomic mass is 35.5. The van der Waals surface area contributed by atoms with Gasteiger partial charge in [-0.2, -0.15) is 0 Å². The van der Waals surface area contributed by atoms with E-state index in [2.05, 4.69) is 5.32 Å². The van der Waals surface area contributed by atoms with E-state index in [0.717, 1.165) is 4.57 Å². The molecule has 0 atom stereocenters. The van der Waals surface area contributed by atoms with Crippen LogP contribution in [-0.2, 0) is 17.9 Å². The molecule has 2 aromatic heterocycles. The number of aromatic nitrogens is 2. The zero-order chi connectivity index (χ0) is 21.3. The van der Waals surface area contributed by atoms with Gasteiger partial charge in [0.15, 0.2) is 0 Å². The number of rotatable bonds is 5. The van der Waals surface area contributed by atoms with E-state index in [9.17, 15) is 18.8 Å². The monoisotopic (exact) mass is 443 g/mol. The molecular weight excluding hydrogens is 429 g/mol. The Balaban J connectivity index is 1.72. The third-order valence-corrected chi connectivity index (χ3v) is 5.76. The van der Waals surface area contributed by atoms with Crippen LogP contribution < -0.4 is 16.6 Å².